The van der Waals surface area contributed by atoms with Crippen LogP contribution in [-0.2, 0) is 7.05 Å². The highest BCUT2D eigenvalue weighted by Gasteiger charge is 2.18. The normalized spacial score (nSPS) is 11.0. The molecular formula is C30H25FN2O5S. The summed E-state index contributed by atoms with van der Waals surface area (Å²) in [5.41, 5.74) is 3.06. The first-order chi connectivity index (χ1) is 18.8. The standard InChI is InChI=1S/C30H25FN2O5S/c1-18(28-29(35)32-30(36)39-28)19-10-14-22(15-11-19)37-16-5-17-38-27-25(20-8-12-21(31)13-9-20)33(2)24-7-4-3-6-23(24)26(27)34/h3-4,6-15,35H,1,5,16-17H2,2H3,(H,32,36). The van der Waals surface area contributed by atoms with Gasteiger partial charge >= 0.3 is 4.87 Å². The van der Waals surface area contributed by atoms with Gasteiger partial charge in [-0.2, -0.15) is 0 Å². The highest BCUT2D eigenvalue weighted by Crippen LogP contribution is 2.32. The van der Waals surface area contributed by atoms with Crippen LogP contribution in [0.1, 0.15) is 16.9 Å². The fourth-order valence-electron chi connectivity index (χ4n) is 4.36. The minimum absolute atomic E-state index is 0.195. The number of aromatic amines is 1. The zero-order valence-corrected chi connectivity index (χ0v) is 21.9. The number of aromatic nitrogens is 2. The van der Waals surface area contributed by atoms with Gasteiger partial charge in [0.1, 0.15) is 11.6 Å². The number of nitrogens with one attached hydrogen (secondary N) is 1. The van der Waals surface area contributed by atoms with Gasteiger partial charge in [-0.15, -0.1) is 0 Å². The summed E-state index contributed by atoms with van der Waals surface area (Å²) in [7, 11) is 1.85. The number of fused-ring (bicyclic) bond motifs is 1. The van der Waals surface area contributed by atoms with E-state index in [1.54, 1.807) is 42.5 Å². The largest absolute Gasteiger partial charge is 0.493 e. The molecule has 0 unspecified atom stereocenters. The molecule has 0 radical (unpaired) electrons. The first kappa shape index (κ1) is 26.0. The maximum absolute atomic E-state index is 13.6. The number of aromatic hydroxyl groups is 1. The lowest BCUT2D eigenvalue weighted by Crippen LogP contribution is -2.17. The molecule has 0 spiro atoms. The van der Waals surface area contributed by atoms with Crippen molar-refractivity contribution in [3.63, 3.8) is 0 Å². The Balaban J connectivity index is 1.26. The van der Waals surface area contributed by atoms with E-state index in [1.165, 1.54) is 12.1 Å². The van der Waals surface area contributed by atoms with Crippen LogP contribution >= 0.6 is 11.3 Å². The Morgan fingerprint density at radius 1 is 1.00 bits per heavy atom. The Kier molecular flexibility index (Phi) is 7.33. The van der Waals surface area contributed by atoms with Crippen molar-refractivity contribution in [2.45, 2.75) is 6.42 Å². The van der Waals surface area contributed by atoms with Gasteiger partial charge in [0.2, 0.25) is 11.3 Å². The van der Waals surface area contributed by atoms with Gasteiger partial charge in [0, 0.05) is 24.4 Å². The minimum Gasteiger partial charge on any atom is -0.493 e. The van der Waals surface area contributed by atoms with E-state index in [4.69, 9.17) is 9.47 Å². The summed E-state index contributed by atoms with van der Waals surface area (Å²) in [6.07, 6.45) is 0.512. The Morgan fingerprint density at radius 3 is 2.38 bits per heavy atom. The monoisotopic (exact) mass is 544 g/mol. The summed E-state index contributed by atoms with van der Waals surface area (Å²) in [5.74, 6) is 0.285. The van der Waals surface area contributed by atoms with E-state index in [-0.39, 0.29) is 34.4 Å². The van der Waals surface area contributed by atoms with Crippen LogP contribution in [0, 0.1) is 5.82 Å². The van der Waals surface area contributed by atoms with Crippen LogP contribution in [0.15, 0.2) is 89.0 Å². The van der Waals surface area contributed by atoms with Crippen molar-refractivity contribution in [3.05, 3.63) is 116 Å². The summed E-state index contributed by atoms with van der Waals surface area (Å²) in [4.78, 5) is 27.2. The molecule has 198 valence electrons. The molecule has 7 nitrogen and oxygen atoms in total. The first-order valence-electron chi connectivity index (χ1n) is 12.2. The number of halogens is 1. The summed E-state index contributed by atoms with van der Waals surface area (Å²) < 4.78 is 27.3. The van der Waals surface area contributed by atoms with Crippen molar-refractivity contribution in [2.24, 2.45) is 7.05 Å². The number of rotatable bonds is 9. The fourth-order valence-corrected chi connectivity index (χ4v) is 5.08. The van der Waals surface area contributed by atoms with E-state index in [1.807, 2.05) is 29.8 Å². The second kappa shape index (κ2) is 11.0. The summed E-state index contributed by atoms with van der Waals surface area (Å²) in [5, 5.41) is 10.4. The number of benzene rings is 3. The van der Waals surface area contributed by atoms with E-state index >= 15 is 0 Å². The van der Waals surface area contributed by atoms with Gasteiger partial charge < -0.3 is 19.1 Å². The van der Waals surface area contributed by atoms with Crippen LogP contribution in [0.5, 0.6) is 17.4 Å². The second-order valence-corrected chi connectivity index (χ2v) is 9.82. The average Bonchev–Trinajstić information content (AvgIpc) is 3.29. The van der Waals surface area contributed by atoms with Gasteiger partial charge in [-0.3, -0.25) is 14.6 Å². The van der Waals surface area contributed by atoms with Crippen LogP contribution in [0.4, 0.5) is 4.39 Å². The lowest BCUT2D eigenvalue weighted by Gasteiger charge is -2.18. The van der Waals surface area contributed by atoms with Crippen LogP contribution in [0.2, 0.25) is 0 Å². The van der Waals surface area contributed by atoms with Gasteiger partial charge in [0.05, 0.1) is 29.3 Å². The van der Waals surface area contributed by atoms with Crippen molar-refractivity contribution < 1.29 is 19.0 Å². The number of pyridine rings is 1. The van der Waals surface area contributed by atoms with Crippen molar-refractivity contribution in [3.8, 4) is 28.6 Å². The summed E-state index contributed by atoms with van der Waals surface area (Å²) in [6.45, 7) is 4.55. The molecule has 2 heterocycles. The topological polar surface area (TPSA) is 93.5 Å². The Morgan fingerprint density at radius 2 is 1.69 bits per heavy atom. The zero-order valence-electron chi connectivity index (χ0n) is 21.1. The molecule has 0 aliphatic heterocycles. The predicted octanol–water partition coefficient (Wildman–Crippen LogP) is 5.71. The average molecular weight is 545 g/mol. The smallest absolute Gasteiger partial charge is 0.307 e. The van der Waals surface area contributed by atoms with E-state index < -0.39 is 0 Å². The molecule has 0 amide bonds. The molecule has 5 aromatic rings. The van der Waals surface area contributed by atoms with Gasteiger partial charge in [-0.1, -0.05) is 42.2 Å². The number of H-pyrrole nitrogens is 1. The lowest BCUT2D eigenvalue weighted by molar-refractivity contribution is 0.246. The lowest BCUT2D eigenvalue weighted by atomic mass is 10.1. The maximum atomic E-state index is 13.6. The maximum Gasteiger partial charge on any atom is 0.307 e. The van der Waals surface area contributed by atoms with Gasteiger partial charge in [0.15, 0.2) is 5.75 Å². The Bertz CT molecular complexity index is 1770. The van der Waals surface area contributed by atoms with Crippen LogP contribution in [0.3, 0.4) is 0 Å². The highest BCUT2D eigenvalue weighted by atomic mass is 32.1. The van der Waals surface area contributed by atoms with Gasteiger partial charge in [0.25, 0.3) is 0 Å². The second-order valence-electron chi connectivity index (χ2n) is 8.84. The third kappa shape index (κ3) is 5.35. The molecule has 5 rings (SSSR count). The van der Waals surface area contributed by atoms with Crippen molar-refractivity contribution in [1.82, 2.24) is 9.55 Å². The molecule has 9 heteroatoms. The molecule has 0 saturated carbocycles. The Labute approximate surface area is 227 Å². The number of hydrogen-bond donors (Lipinski definition) is 2. The molecule has 3 aromatic carbocycles. The summed E-state index contributed by atoms with van der Waals surface area (Å²) in [6, 6.07) is 20.4. The van der Waals surface area contributed by atoms with Crippen molar-refractivity contribution in [1.29, 1.82) is 0 Å². The number of aryl methyl sites for hydroxylation is 1. The molecule has 0 aliphatic carbocycles. The highest BCUT2D eigenvalue weighted by molar-refractivity contribution is 7.10. The van der Waals surface area contributed by atoms with Crippen LogP contribution in [0.25, 0.3) is 27.7 Å². The molecule has 0 aliphatic rings. The predicted molar refractivity (Wildman–Crippen MR) is 151 cm³/mol. The van der Waals surface area contributed by atoms with Gasteiger partial charge in [-0.05, 0) is 59.7 Å². The molecule has 2 aromatic heterocycles. The van der Waals surface area contributed by atoms with E-state index in [0.29, 0.717) is 45.9 Å². The number of thiazole rings is 1. The van der Waals surface area contributed by atoms with E-state index in [2.05, 4.69) is 11.6 Å². The van der Waals surface area contributed by atoms with E-state index in [0.717, 1.165) is 22.4 Å². The molecule has 39 heavy (non-hydrogen) atoms. The molecule has 0 bridgehead atoms. The fraction of sp³-hybridized carbons (Fsp3) is 0.133. The molecule has 0 fully saturated rings. The zero-order chi connectivity index (χ0) is 27.5. The molecular weight excluding hydrogens is 519 g/mol. The number of ether oxygens (including phenoxy) is 2. The summed E-state index contributed by atoms with van der Waals surface area (Å²) >= 11 is 0.895. The Hall–Kier alpha value is -4.63. The number of hydrogen-bond acceptors (Lipinski definition) is 6. The SMILES string of the molecule is C=C(c1ccc(OCCCOc2c(-c3ccc(F)cc3)n(C)c3ccccc3c2=O)cc1)c1sc(=O)[nH]c1O. The third-order valence-corrected chi connectivity index (χ3v) is 7.23. The van der Waals surface area contributed by atoms with Gasteiger partial charge in [-0.25, -0.2) is 4.39 Å². The van der Waals surface area contributed by atoms with Crippen LogP contribution < -0.4 is 19.8 Å². The number of para-hydroxylation sites is 1. The molecule has 2 N–H and O–H groups in total. The van der Waals surface area contributed by atoms with E-state index in [9.17, 15) is 19.1 Å². The third-order valence-electron chi connectivity index (χ3n) is 6.30. The first-order valence-corrected chi connectivity index (χ1v) is 13.0. The van der Waals surface area contributed by atoms with Crippen molar-refractivity contribution in [2.75, 3.05) is 13.2 Å². The minimum atomic E-state index is -0.360. The van der Waals surface area contributed by atoms with Crippen LogP contribution in [-0.4, -0.2) is 27.9 Å². The molecule has 0 atom stereocenters. The quantitative estimate of drug-likeness (QED) is 0.232. The van der Waals surface area contributed by atoms with Crippen molar-refractivity contribution >= 4 is 27.8 Å². The molecule has 0 saturated heterocycles. The number of nitrogens with zero attached hydrogens (tertiary/aromatic N) is 1.